The Kier molecular flexibility index (Phi) is 4.02. The highest BCUT2D eigenvalue weighted by Crippen LogP contribution is 2.09. The van der Waals surface area contributed by atoms with E-state index in [2.05, 4.69) is 5.10 Å². The smallest absolute Gasteiger partial charge is 0.275 e. The second-order valence-corrected chi connectivity index (χ2v) is 5.86. The van der Waals surface area contributed by atoms with Crippen molar-refractivity contribution in [2.45, 2.75) is 13.1 Å². The van der Waals surface area contributed by atoms with Gasteiger partial charge in [-0.15, -0.1) is 0 Å². The number of carbonyl (C=O) groups excluding carboxylic acids is 1. The first-order chi connectivity index (χ1) is 10.6. The van der Waals surface area contributed by atoms with E-state index in [9.17, 15) is 9.59 Å². The van der Waals surface area contributed by atoms with E-state index >= 15 is 0 Å². The van der Waals surface area contributed by atoms with Crippen LogP contribution in [0.5, 0.6) is 0 Å². The summed E-state index contributed by atoms with van der Waals surface area (Å²) in [4.78, 5) is 26.2. The van der Waals surface area contributed by atoms with Crippen LogP contribution in [0.1, 0.15) is 5.56 Å². The summed E-state index contributed by atoms with van der Waals surface area (Å²) in [6.45, 7) is 0.481. The van der Waals surface area contributed by atoms with Gasteiger partial charge in [0.1, 0.15) is 6.54 Å². The molecule has 0 saturated carbocycles. The summed E-state index contributed by atoms with van der Waals surface area (Å²) in [5.74, 6) is -0.143. The van der Waals surface area contributed by atoms with Gasteiger partial charge in [0, 0.05) is 19.0 Å². The number of hydrogen-bond donors (Lipinski definition) is 0. The number of nitrogens with zero attached hydrogens (tertiary/aromatic N) is 3. The zero-order valence-electron chi connectivity index (χ0n) is 12.1. The highest BCUT2D eigenvalue weighted by molar-refractivity contribution is 7.07. The van der Waals surface area contributed by atoms with E-state index in [-0.39, 0.29) is 18.0 Å². The summed E-state index contributed by atoms with van der Waals surface area (Å²) >= 11 is 1.60. The molecule has 22 heavy (non-hydrogen) atoms. The van der Waals surface area contributed by atoms with E-state index in [0.717, 1.165) is 10.9 Å². The third-order valence-electron chi connectivity index (χ3n) is 3.47. The highest BCUT2D eigenvalue weighted by Gasteiger charge is 2.13. The molecule has 0 fully saturated rings. The average molecular weight is 313 g/mol. The zero-order valence-corrected chi connectivity index (χ0v) is 12.9. The summed E-state index contributed by atoms with van der Waals surface area (Å²) < 4.78 is 1.22. The Morgan fingerprint density at radius 3 is 2.91 bits per heavy atom. The van der Waals surface area contributed by atoms with Gasteiger partial charge in [-0.05, 0) is 28.5 Å². The Hall–Kier alpha value is -2.47. The number of aromatic nitrogens is 2. The molecule has 0 saturated heterocycles. The van der Waals surface area contributed by atoms with Gasteiger partial charge in [-0.2, -0.15) is 16.4 Å². The highest BCUT2D eigenvalue weighted by atomic mass is 32.1. The predicted octanol–water partition coefficient (Wildman–Crippen LogP) is 2.12. The third kappa shape index (κ3) is 2.92. The van der Waals surface area contributed by atoms with Crippen LogP contribution < -0.4 is 5.56 Å². The van der Waals surface area contributed by atoms with Gasteiger partial charge in [-0.25, -0.2) is 4.68 Å². The average Bonchev–Trinajstić information content (AvgIpc) is 3.03. The van der Waals surface area contributed by atoms with Crippen LogP contribution >= 0.6 is 11.3 Å². The lowest BCUT2D eigenvalue weighted by molar-refractivity contribution is -0.131. The van der Waals surface area contributed by atoms with Crippen molar-refractivity contribution < 1.29 is 4.79 Å². The first-order valence-electron chi connectivity index (χ1n) is 6.85. The Morgan fingerprint density at radius 2 is 2.14 bits per heavy atom. The van der Waals surface area contributed by atoms with E-state index < -0.39 is 0 Å². The number of fused-ring (bicyclic) bond motifs is 1. The summed E-state index contributed by atoms with van der Waals surface area (Å²) in [6, 6.07) is 9.22. The van der Waals surface area contributed by atoms with Crippen molar-refractivity contribution in [1.82, 2.24) is 14.7 Å². The van der Waals surface area contributed by atoms with Crippen molar-refractivity contribution >= 4 is 28.0 Å². The molecule has 1 aromatic carbocycles. The Balaban J connectivity index is 1.79. The molecular weight excluding hydrogens is 298 g/mol. The molecule has 5 nitrogen and oxygen atoms in total. The molecule has 2 aromatic heterocycles. The minimum Gasteiger partial charge on any atom is -0.340 e. The minimum atomic E-state index is -0.240. The van der Waals surface area contributed by atoms with E-state index in [4.69, 9.17) is 0 Å². The molecule has 2 heterocycles. The van der Waals surface area contributed by atoms with Gasteiger partial charge in [-0.1, -0.05) is 18.2 Å². The molecule has 0 spiro atoms. The van der Waals surface area contributed by atoms with Crippen molar-refractivity contribution in [1.29, 1.82) is 0 Å². The topological polar surface area (TPSA) is 55.2 Å². The van der Waals surface area contributed by atoms with Crippen LogP contribution in [0, 0.1) is 0 Å². The normalized spacial score (nSPS) is 10.8. The number of rotatable bonds is 4. The molecule has 0 aliphatic rings. The molecule has 0 aliphatic carbocycles. The summed E-state index contributed by atoms with van der Waals surface area (Å²) in [5, 5.41) is 9.42. The molecule has 0 aliphatic heterocycles. The van der Waals surface area contributed by atoms with Crippen LogP contribution in [0.2, 0.25) is 0 Å². The number of hydrogen-bond acceptors (Lipinski definition) is 4. The van der Waals surface area contributed by atoms with Gasteiger partial charge >= 0.3 is 0 Å². The van der Waals surface area contributed by atoms with Crippen molar-refractivity contribution in [3.8, 4) is 0 Å². The van der Waals surface area contributed by atoms with Gasteiger partial charge in [0.2, 0.25) is 5.91 Å². The first-order valence-corrected chi connectivity index (χ1v) is 7.79. The fourth-order valence-corrected chi connectivity index (χ4v) is 2.89. The van der Waals surface area contributed by atoms with E-state index in [1.54, 1.807) is 41.6 Å². The lowest BCUT2D eigenvalue weighted by Gasteiger charge is -2.16. The molecular formula is C16H15N3O2S. The molecule has 0 N–H and O–H groups in total. The monoisotopic (exact) mass is 313 g/mol. The van der Waals surface area contributed by atoms with Crippen LogP contribution in [0.15, 0.2) is 52.1 Å². The lowest BCUT2D eigenvalue weighted by atomic mass is 10.2. The van der Waals surface area contributed by atoms with Gasteiger partial charge < -0.3 is 4.90 Å². The van der Waals surface area contributed by atoms with Gasteiger partial charge in [0.05, 0.1) is 11.6 Å². The number of carbonyl (C=O) groups is 1. The maximum Gasteiger partial charge on any atom is 0.275 e. The number of benzene rings is 1. The molecule has 0 bridgehead atoms. The fourth-order valence-electron chi connectivity index (χ4n) is 2.23. The second kappa shape index (κ2) is 6.11. The Labute approximate surface area is 131 Å². The van der Waals surface area contributed by atoms with E-state index in [0.29, 0.717) is 11.9 Å². The minimum absolute atomic E-state index is 0.0513. The van der Waals surface area contributed by atoms with Crippen molar-refractivity contribution in [3.05, 3.63) is 63.2 Å². The number of amides is 1. The van der Waals surface area contributed by atoms with E-state index in [1.807, 2.05) is 29.0 Å². The van der Waals surface area contributed by atoms with Gasteiger partial charge in [-0.3, -0.25) is 9.59 Å². The molecule has 112 valence electrons. The molecule has 0 atom stereocenters. The first kappa shape index (κ1) is 14.5. The quantitative estimate of drug-likeness (QED) is 0.741. The maximum absolute atomic E-state index is 12.3. The fraction of sp³-hybridized carbons (Fsp3) is 0.188. The van der Waals surface area contributed by atoms with Crippen LogP contribution in [-0.2, 0) is 17.9 Å². The second-order valence-electron chi connectivity index (χ2n) is 5.08. The van der Waals surface area contributed by atoms with Crippen molar-refractivity contribution in [2.75, 3.05) is 7.05 Å². The summed E-state index contributed by atoms with van der Waals surface area (Å²) in [6.07, 6.45) is 1.61. The summed E-state index contributed by atoms with van der Waals surface area (Å²) in [5.41, 5.74) is 0.843. The molecule has 1 amide bonds. The molecule has 0 radical (unpaired) electrons. The van der Waals surface area contributed by atoms with Crippen molar-refractivity contribution in [2.24, 2.45) is 0 Å². The van der Waals surface area contributed by atoms with Crippen LogP contribution in [0.25, 0.3) is 10.8 Å². The van der Waals surface area contributed by atoms with Crippen molar-refractivity contribution in [3.63, 3.8) is 0 Å². The Morgan fingerprint density at radius 1 is 1.32 bits per heavy atom. The largest absolute Gasteiger partial charge is 0.340 e. The van der Waals surface area contributed by atoms with Crippen LogP contribution in [0.3, 0.4) is 0 Å². The lowest BCUT2D eigenvalue weighted by Crippen LogP contribution is -2.34. The van der Waals surface area contributed by atoms with Gasteiger partial charge in [0.15, 0.2) is 0 Å². The van der Waals surface area contributed by atoms with Crippen LogP contribution in [0.4, 0.5) is 0 Å². The predicted molar refractivity (Wildman–Crippen MR) is 86.8 cm³/mol. The van der Waals surface area contributed by atoms with Gasteiger partial charge in [0.25, 0.3) is 5.56 Å². The summed E-state index contributed by atoms with van der Waals surface area (Å²) in [7, 11) is 1.73. The molecule has 3 aromatic rings. The Bertz CT molecular complexity index is 855. The standard InChI is InChI=1S/C16H15N3O2S/c1-18(9-12-6-7-22-11-12)15(20)10-19-16(21)14-5-3-2-4-13(14)8-17-19/h2-8,11H,9-10H2,1H3. The van der Waals surface area contributed by atoms with Crippen LogP contribution in [-0.4, -0.2) is 27.6 Å². The SMILES string of the molecule is CN(Cc1ccsc1)C(=O)Cn1ncc2ccccc2c1=O. The van der Waals surface area contributed by atoms with E-state index in [1.165, 1.54) is 4.68 Å². The number of thiophene rings is 1. The molecule has 3 rings (SSSR count). The molecule has 0 unspecified atom stereocenters. The number of likely N-dealkylation sites (N-methyl/N-ethyl adjacent to an activating group) is 1. The molecule has 6 heteroatoms. The zero-order chi connectivity index (χ0) is 15.5. The third-order valence-corrected chi connectivity index (χ3v) is 4.20. The maximum atomic E-state index is 12.3.